The predicted molar refractivity (Wildman–Crippen MR) is 73.2 cm³/mol. The molecule has 2 N–H and O–H groups in total. The Kier molecular flexibility index (Phi) is 3.36. The molecule has 0 fully saturated rings. The summed E-state index contributed by atoms with van der Waals surface area (Å²) in [6.45, 7) is 1.92. The number of halogens is 3. The first kappa shape index (κ1) is 13.9. The van der Waals surface area contributed by atoms with E-state index in [0.717, 1.165) is 24.5 Å². The van der Waals surface area contributed by atoms with Crippen molar-refractivity contribution in [3.63, 3.8) is 0 Å². The average Bonchev–Trinajstić information content (AvgIpc) is 2.93. The van der Waals surface area contributed by atoms with Gasteiger partial charge in [0.1, 0.15) is 5.82 Å². The van der Waals surface area contributed by atoms with Crippen LogP contribution in [0.5, 0.6) is 0 Å². The number of anilines is 2. The normalized spacial score (nSPS) is 18.7. The minimum atomic E-state index is -4.32. The van der Waals surface area contributed by atoms with E-state index < -0.39 is 11.7 Å². The molecule has 1 unspecified atom stereocenters. The Hall–Kier alpha value is -2.02. The molecule has 0 aliphatic carbocycles. The van der Waals surface area contributed by atoms with Gasteiger partial charge < -0.3 is 10.6 Å². The van der Waals surface area contributed by atoms with Gasteiger partial charge in [0.25, 0.3) is 0 Å². The topological polar surface area (TPSA) is 47.1 Å². The van der Waals surface area contributed by atoms with Crippen molar-refractivity contribution in [1.82, 2.24) is 9.78 Å². The van der Waals surface area contributed by atoms with Crippen molar-refractivity contribution in [2.75, 3.05) is 18.0 Å². The second-order valence-electron chi connectivity index (χ2n) is 5.13. The molecule has 1 aromatic carbocycles. The molecule has 0 bridgehead atoms. The molecular formula is C14H15F3N4. The number of aromatic nitrogens is 2. The standard InChI is InChI=1S/C14H15F3N4/c15-14(16,17)11-1-3-12(4-2-11)20-8-10(7-18)9-21-13(20)5-6-19-21/h1-6,10H,7-9,18H2. The molecule has 1 aliphatic heterocycles. The number of benzene rings is 1. The van der Waals surface area contributed by atoms with Crippen LogP contribution in [0.15, 0.2) is 36.5 Å². The summed E-state index contributed by atoms with van der Waals surface area (Å²) in [6, 6.07) is 7.02. The van der Waals surface area contributed by atoms with Crippen LogP contribution in [0.1, 0.15) is 5.56 Å². The first-order chi connectivity index (χ1) is 9.99. The molecule has 7 heteroatoms. The van der Waals surface area contributed by atoms with Crippen LogP contribution in [0.2, 0.25) is 0 Å². The number of alkyl halides is 3. The lowest BCUT2D eigenvalue weighted by molar-refractivity contribution is -0.137. The Morgan fingerprint density at radius 3 is 2.48 bits per heavy atom. The van der Waals surface area contributed by atoms with E-state index in [1.807, 2.05) is 15.6 Å². The van der Waals surface area contributed by atoms with Gasteiger partial charge in [0.05, 0.1) is 11.8 Å². The smallest absolute Gasteiger partial charge is 0.330 e. The molecule has 0 saturated heterocycles. The molecule has 4 nitrogen and oxygen atoms in total. The molecule has 2 heterocycles. The van der Waals surface area contributed by atoms with E-state index in [2.05, 4.69) is 5.10 Å². The molecule has 0 amide bonds. The van der Waals surface area contributed by atoms with Crippen molar-refractivity contribution < 1.29 is 13.2 Å². The zero-order valence-corrected chi connectivity index (χ0v) is 11.2. The highest BCUT2D eigenvalue weighted by Crippen LogP contribution is 2.34. The van der Waals surface area contributed by atoms with E-state index in [0.29, 0.717) is 18.8 Å². The molecule has 0 spiro atoms. The Morgan fingerprint density at radius 1 is 1.14 bits per heavy atom. The maximum atomic E-state index is 12.6. The van der Waals surface area contributed by atoms with Crippen molar-refractivity contribution in [2.24, 2.45) is 11.7 Å². The monoisotopic (exact) mass is 296 g/mol. The molecule has 1 atom stereocenters. The van der Waals surface area contributed by atoms with Crippen LogP contribution in [0, 0.1) is 5.92 Å². The van der Waals surface area contributed by atoms with Crippen LogP contribution in [0.4, 0.5) is 24.7 Å². The molecule has 0 radical (unpaired) electrons. The van der Waals surface area contributed by atoms with Gasteiger partial charge in [-0.2, -0.15) is 18.3 Å². The average molecular weight is 296 g/mol. The van der Waals surface area contributed by atoms with Gasteiger partial charge >= 0.3 is 6.18 Å². The first-order valence-corrected chi connectivity index (χ1v) is 6.65. The molecule has 3 rings (SSSR count). The number of nitrogens with two attached hydrogens (primary N) is 1. The summed E-state index contributed by atoms with van der Waals surface area (Å²) < 4.78 is 39.7. The van der Waals surface area contributed by atoms with Crippen molar-refractivity contribution >= 4 is 11.5 Å². The van der Waals surface area contributed by atoms with Crippen LogP contribution in [0.25, 0.3) is 0 Å². The van der Waals surface area contributed by atoms with Gasteiger partial charge in [0.2, 0.25) is 0 Å². The van der Waals surface area contributed by atoms with Crippen LogP contribution in [-0.4, -0.2) is 22.9 Å². The van der Waals surface area contributed by atoms with Crippen molar-refractivity contribution in [2.45, 2.75) is 12.7 Å². The van der Waals surface area contributed by atoms with Crippen LogP contribution >= 0.6 is 0 Å². The lowest BCUT2D eigenvalue weighted by Crippen LogP contribution is -2.38. The molecule has 1 aromatic heterocycles. The summed E-state index contributed by atoms with van der Waals surface area (Å²) >= 11 is 0. The van der Waals surface area contributed by atoms with E-state index in [1.54, 1.807) is 6.20 Å². The fourth-order valence-corrected chi connectivity index (χ4v) is 2.57. The lowest BCUT2D eigenvalue weighted by Gasteiger charge is -2.34. The molecule has 112 valence electrons. The SMILES string of the molecule is NCC1CN(c2ccc(C(F)(F)F)cc2)c2ccnn2C1. The Morgan fingerprint density at radius 2 is 1.86 bits per heavy atom. The summed E-state index contributed by atoms with van der Waals surface area (Å²) in [5, 5.41) is 4.23. The zero-order chi connectivity index (χ0) is 15.0. The number of rotatable bonds is 2. The van der Waals surface area contributed by atoms with Gasteiger partial charge in [-0.15, -0.1) is 0 Å². The molecule has 2 aromatic rings. The minimum Gasteiger partial charge on any atom is -0.330 e. The fourth-order valence-electron chi connectivity index (χ4n) is 2.57. The highest BCUT2D eigenvalue weighted by molar-refractivity contribution is 5.61. The largest absolute Gasteiger partial charge is 0.416 e. The van der Waals surface area contributed by atoms with E-state index in [-0.39, 0.29) is 5.92 Å². The predicted octanol–water partition coefficient (Wildman–Crippen LogP) is 2.63. The molecule has 21 heavy (non-hydrogen) atoms. The van der Waals surface area contributed by atoms with Crippen LogP contribution in [0.3, 0.4) is 0 Å². The fraction of sp³-hybridized carbons (Fsp3) is 0.357. The van der Waals surface area contributed by atoms with Gasteiger partial charge in [0.15, 0.2) is 0 Å². The number of hydrogen-bond donors (Lipinski definition) is 1. The highest BCUT2D eigenvalue weighted by Gasteiger charge is 2.31. The van der Waals surface area contributed by atoms with Crippen molar-refractivity contribution in [3.05, 3.63) is 42.1 Å². The van der Waals surface area contributed by atoms with Crippen molar-refractivity contribution in [3.8, 4) is 0 Å². The Labute approximate surface area is 120 Å². The summed E-state index contributed by atoms with van der Waals surface area (Å²) in [5.74, 6) is 1.10. The third-order valence-electron chi connectivity index (χ3n) is 3.68. The molecule has 1 aliphatic rings. The Balaban J connectivity index is 1.93. The maximum Gasteiger partial charge on any atom is 0.416 e. The summed E-state index contributed by atoms with van der Waals surface area (Å²) in [6.07, 6.45) is -2.63. The van der Waals surface area contributed by atoms with Gasteiger partial charge in [-0.1, -0.05) is 0 Å². The van der Waals surface area contributed by atoms with E-state index in [4.69, 9.17) is 5.73 Å². The van der Waals surface area contributed by atoms with Gasteiger partial charge in [-0.25, -0.2) is 4.68 Å². The second-order valence-corrected chi connectivity index (χ2v) is 5.13. The Bertz CT molecular complexity index is 618. The maximum absolute atomic E-state index is 12.6. The van der Waals surface area contributed by atoms with Crippen LogP contribution < -0.4 is 10.6 Å². The second kappa shape index (κ2) is 5.07. The first-order valence-electron chi connectivity index (χ1n) is 6.65. The van der Waals surface area contributed by atoms with Crippen LogP contribution in [-0.2, 0) is 12.7 Å². The van der Waals surface area contributed by atoms with E-state index in [9.17, 15) is 13.2 Å². The van der Waals surface area contributed by atoms with Gasteiger partial charge in [0, 0.05) is 30.8 Å². The number of fused-ring (bicyclic) bond motifs is 1. The zero-order valence-electron chi connectivity index (χ0n) is 11.2. The summed E-state index contributed by atoms with van der Waals surface area (Å²) in [4.78, 5) is 1.95. The molecular weight excluding hydrogens is 281 g/mol. The van der Waals surface area contributed by atoms with Gasteiger partial charge in [-0.3, -0.25) is 0 Å². The highest BCUT2D eigenvalue weighted by atomic mass is 19.4. The van der Waals surface area contributed by atoms with Gasteiger partial charge in [-0.05, 0) is 30.8 Å². The lowest BCUT2D eigenvalue weighted by atomic mass is 10.1. The summed E-state index contributed by atoms with van der Waals surface area (Å²) in [7, 11) is 0. The van der Waals surface area contributed by atoms with E-state index >= 15 is 0 Å². The third-order valence-corrected chi connectivity index (χ3v) is 3.68. The number of nitrogens with zero attached hydrogens (tertiary/aromatic N) is 3. The summed E-state index contributed by atoms with van der Waals surface area (Å²) in [5.41, 5.74) is 5.80. The minimum absolute atomic E-state index is 0.222. The van der Waals surface area contributed by atoms with E-state index in [1.165, 1.54) is 12.1 Å². The third kappa shape index (κ3) is 2.61. The van der Waals surface area contributed by atoms with Crippen molar-refractivity contribution in [1.29, 1.82) is 0 Å². The molecule has 0 saturated carbocycles. The number of hydrogen-bond acceptors (Lipinski definition) is 3. The quantitative estimate of drug-likeness (QED) is 0.926.